The number of carbonyl (C=O) groups excluding carboxylic acids is 1. The molecule has 1 aromatic rings. The largest absolute Gasteiger partial charge is 0.409 e. The third kappa shape index (κ3) is 2.77. The Labute approximate surface area is 106 Å². The van der Waals surface area contributed by atoms with E-state index in [0.29, 0.717) is 18.5 Å². The number of hydrogen-bond donors (Lipinski definition) is 3. The average molecular weight is 250 g/mol. The molecule has 1 rings (SSSR count). The molecule has 4 N–H and O–H groups in total. The van der Waals surface area contributed by atoms with E-state index in [4.69, 9.17) is 10.9 Å². The number of amidine groups is 1. The van der Waals surface area contributed by atoms with Crippen molar-refractivity contribution in [1.29, 1.82) is 0 Å². The fraction of sp³-hybridized carbons (Fsp3) is 0.417. The number of rotatable bonds is 5. The van der Waals surface area contributed by atoms with E-state index >= 15 is 0 Å². The van der Waals surface area contributed by atoms with Gasteiger partial charge in [0.1, 0.15) is 11.2 Å². The Kier molecular flexibility index (Phi) is 4.65. The van der Waals surface area contributed by atoms with Gasteiger partial charge in [-0.1, -0.05) is 25.1 Å². The molecule has 1 heterocycles. The van der Waals surface area contributed by atoms with Crippen LogP contribution in [0.2, 0.25) is 0 Å². The van der Waals surface area contributed by atoms with Crippen LogP contribution in [0.5, 0.6) is 0 Å². The molecule has 0 spiro atoms. The predicted molar refractivity (Wildman–Crippen MR) is 68.4 cm³/mol. The van der Waals surface area contributed by atoms with E-state index in [0.717, 1.165) is 0 Å². The van der Waals surface area contributed by atoms with Crippen LogP contribution in [-0.2, 0) is 0 Å². The number of oxime groups is 1. The maximum atomic E-state index is 12.0. The van der Waals surface area contributed by atoms with Gasteiger partial charge in [-0.15, -0.1) is 0 Å². The van der Waals surface area contributed by atoms with Crippen LogP contribution in [0.4, 0.5) is 0 Å². The summed E-state index contributed by atoms with van der Waals surface area (Å²) in [6.07, 6.45) is 2.59. The van der Waals surface area contributed by atoms with Crippen LogP contribution in [0.15, 0.2) is 29.6 Å². The molecule has 0 bridgehead atoms. The van der Waals surface area contributed by atoms with Crippen molar-refractivity contribution in [3.63, 3.8) is 0 Å². The van der Waals surface area contributed by atoms with Crippen LogP contribution < -0.4 is 11.1 Å². The molecule has 0 aliphatic carbocycles. The van der Waals surface area contributed by atoms with Gasteiger partial charge in [-0.2, -0.15) is 0 Å². The molecule has 0 atom stereocenters. The van der Waals surface area contributed by atoms with Gasteiger partial charge in [0, 0.05) is 6.20 Å². The van der Waals surface area contributed by atoms with Crippen molar-refractivity contribution in [2.24, 2.45) is 10.9 Å². The highest BCUT2D eigenvalue weighted by Gasteiger charge is 2.33. The van der Waals surface area contributed by atoms with Gasteiger partial charge in [0.05, 0.1) is 0 Å². The number of nitrogens with two attached hydrogens (primary N) is 1. The summed E-state index contributed by atoms with van der Waals surface area (Å²) in [5, 5.41) is 14.6. The normalized spacial score (nSPS) is 12.2. The third-order valence-corrected chi connectivity index (χ3v) is 3.06. The molecule has 6 nitrogen and oxygen atoms in total. The lowest BCUT2D eigenvalue weighted by atomic mass is 9.91. The highest BCUT2D eigenvalue weighted by Crippen LogP contribution is 2.16. The topological polar surface area (TPSA) is 101 Å². The first-order valence-corrected chi connectivity index (χ1v) is 5.81. The smallest absolute Gasteiger partial charge is 0.270 e. The monoisotopic (exact) mass is 250 g/mol. The van der Waals surface area contributed by atoms with Crippen LogP contribution in [-0.4, -0.2) is 27.5 Å². The summed E-state index contributed by atoms with van der Waals surface area (Å²) in [5.41, 5.74) is 5.12. The van der Waals surface area contributed by atoms with Gasteiger partial charge < -0.3 is 16.3 Å². The molecule has 0 aromatic carbocycles. The van der Waals surface area contributed by atoms with E-state index in [1.54, 1.807) is 18.2 Å². The van der Waals surface area contributed by atoms with Crippen LogP contribution in [0.25, 0.3) is 0 Å². The van der Waals surface area contributed by atoms with E-state index in [-0.39, 0.29) is 11.7 Å². The minimum atomic E-state index is -0.844. The van der Waals surface area contributed by atoms with Crippen molar-refractivity contribution in [2.45, 2.75) is 32.2 Å². The highest BCUT2D eigenvalue weighted by molar-refractivity contribution is 5.99. The Bertz CT molecular complexity index is 427. The molecular formula is C12H18N4O2. The molecule has 0 aliphatic rings. The van der Waals surface area contributed by atoms with Crippen LogP contribution in [0.3, 0.4) is 0 Å². The molecule has 0 saturated heterocycles. The van der Waals surface area contributed by atoms with Crippen LogP contribution in [0.1, 0.15) is 37.2 Å². The first-order chi connectivity index (χ1) is 8.59. The molecule has 0 unspecified atom stereocenters. The summed E-state index contributed by atoms with van der Waals surface area (Å²) in [5.74, 6) is -0.345. The zero-order chi connectivity index (χ0) is 13.6. The van der Waals surface area contributed by atoms with Gasteiger partial charge in [-0.25, -0.2) is 0 Å². The molecule has 0 radical (unpaired) electrons. The summed E-state index contributed by atoms with van der Waals surface area (Å²) < 4.78 is 0. The Morgan fingerprint density at radius 2 is 2.17 bits per heavy atom. The molecular weight excluding hydrogens is 232 g/mol. The van der Waals surface area contributed by atoms with Gasteiger partial charge in [-0.3, -0.25) is 9.78 Å². The number of aromatic nitrogens is 1. The number of pyridine rings is 1. The maximum absolute atomic E-state index is 12.0. The van der Waals surface area contributed by atoms with E-state index in [1.165, 1.54) is 6.20 Å². The van der Waals surface area contributed by atoms with E-state index in [9.17, 15) is 4.79 Å². The molecule has 0 saturated carbocycles. The Morgan fingerprint density at radius 3 is 2.61 bits per heavy atom. The lowest BCUT2D eigenvalue weighted by molar-refractivity contribution is 0.0912. The molecule has 1 amide bonds. The van der Waals surface area contributed by atoms with Gasteiger partial charge in [-0.05, 0) is 25.0 Å². The molecule has 1 aromatic heterocycles. The van der Waals surface area contributed by atoms with Gasteiger partial charge >= 0.3 is 0 Å². The van der Waals surface area contributed by atoms with E-state index in [2.05, 4.69) is 15.5 Å². The Hall–Kier alpha value is -2.11. The van der Waals surface area contributed by atoms with Crippen molar-refractivity contribution < 1.29 is 10.0 Å². The number of hydrogen-bond acceptors (Lipinski definition) is 4. The van der Waals surface area contributed by atoms with E-state index < -0.39 is 5.54 Å². The Morgan fingerprint density at radius 1 is 1.50 bits per heavy atom. The first-order valence-electron chi connectivity index (χ1n) is 5.81. The van der Waals surface area contributed by atoms with Crippen molar-refractivity contribution in [1.82, 2.24) is 10.3 Å². The van der Waals surface area contributed by atoms with E-state index in [1.807, 2.05) is 13.8 Å². The van der Waals surface area contributed by atoms with Gasteiger partial charge in [0.2, 0.25) is 0 Å². The fourth-order valence-corrected chi connectivity index (χ4v) is 1.73. The van der Waals surface area contributed by atoms with Crippen molar-refractivity contribution in [2.75, 3.05) is 0 Å². The van der Waals surface area contributed by atoms with Crippen LogP contribution in [0, 0.1) is 0 Å². The summed E-state index contributed by atoms with van der Waals surface area (Å²) in [7, 11) is 0. The lowest BCUT2D eigenvalue weighted by Gasteiger charge is -2.31. The maximum Gasteiger partial charge on any atom is 0.270 e. The quantitative estimate of drug-likeness (QED) is 0.315. The zero-order valence-corrected chi connectivity index (χ0v) is 10.6. The summed E-state index contributed by atoms with van der Waals surface area (Å²) in [6, 6.07) is 5.07. The number of nitrogens with one attached hydrogen (secondary N) is 1. The second kappa shape index (κ2) is 6.00. The minimum absolute atomic E-state index is 0.00298. The molecule has 0 aliphatic heterocycles. The van der Waals surface area contributed by atoms with Gasteiger partial charge in [0.25, 0.3) is 5.91 Å². The summed E-state index contributed by atoms with van der Waals surface area (Å²) in [4.78, 5) is 16.0. The predicted octanol–water partition coefficient (Wildman–Crippen LogP) is 1.12. The fourth-order valence-electron chi connectivity index (χ4n) is 1.73. The number of carbonyl (C=O) groups is 1. The lowest BCUT2D eigenvalue weighted by Crippen LogP contribution is -2.57. The van der Waals surface area contributed by atoms with Gasteiger partial charge in [0.15, 0.2) is 5.84 Å². The number of amides is 1. The molecule has 98 valence electrons. The molecule has 18 heavy (non-hydrogen) atoms. The molecule has 6 heteroatoms. The zero-order valence-electron chi connectivity index (χ0n) is 10.6. The molecule has 0 fully saturated rings. The summed E-state index contributed by atoms with van der Waals surface area (Å²) in [6.45, 7) is 3.72. The highest BCUT2D eigenvalue weighted by atomic mass is 16.4. The van der Waals surface area contributed by atoms with Crippen LogP contribution >= 0.6 is 0 Å². The standard InChI is InChI=1S/C12H18N4O2/c1-3-12(4-2,11(13)16-18)15-10(17)9-7-5-6-8-14-9/h5-8,18H,3-4H2,1-2H3,(H2,13,16)(H,15,17). The summed E-state index contributed by atoms with van der Waals surface area (Å²) >= 11 is 0. The second-order valence-corrected chi connectivity index (χ2v) is 3.94. The third-order valence-electron chi connectivity index (χ3n) is 3.06. The second-order valence-electron chi connectivity index (χ2n) is 3.94. The average Bonchev–Trinajstić information content (AvgIpc) is 2.44. The van der Waals surface area contributed by atoms with Crippen molar-refractivity contribution in [3.8, 4) is 0 Å². The van der Waals surface area contributed by atoms with Crippen molar-refractivity contribution >= 4 is 11.7 Å². The number of nitrogens with zero attached hydrogens (tertiary/aromatic N) is 2. The minimum Gasteiger partial charge on any atom is -0.409 e. The SMILES string of the molecule is CCC(CC)(NC(=O)c1ccccn1)/C(N)=N/O. The van der Waals surface area contributed by atoms with Crippen molar-refractivity contribution in [3.05, 3.63) is 30.1 Å². The first kappa shape index (κ1) is 14.0. The Balaban J connectivity index is 2.95.